The van der Waals surface area contributed by atoms with Gasteiger partial charge in [-0.2, -0.15) is 11.8 Å². The predicted octanol–water partition coefficient (Wildman–Crippen LogP) is 4.22. The molecule has 1 unspecified atom stereocenters. The van der Waals surface area contributed by atoms with Crippen LogP contribution >= 0.6 is 11.8 Å². The Kier molecular flexibility index (Phi) is 6.21. The third-order valence-corrected chi connectivity index (χ3v) is 6.12. The summed E-state index contributed by atoms with van der Waals surface area (Å²) in [4.78, 5) is 0. The molecule has 0 spiro atoms. The molecule has 0 bridgehead atoms. The number of hydrogen-bond donors (Lipinski definition) is 1. The van der Waals surface area contributed by atoms with Gasteiger partial charge in [-0.05, 0) is 32.2 Å². The highest BCUT2D eigenvalue weighted by Gasteiger charge is 2.21. The molecule has 17 heavy (non-hydrogen) atoms. The number of thioether (sulfide) groups is 1. The minimum Gasteiger partial charge on any atom is -0.316 e. The number of nitrogens with one attached hydrogen (secondary N) is 1. The van der Waals surface area contributed by atoms with Crippen molar-refractivity contribution in [3.63, 3.8) is 0 Å². The van der Waals surface area contributed by atoms with Crippen LogP contribution < -0.4 is 5.32 Å². The summed E-state index contributed by atoms with van der Waals surface area (Å²) in [5.74, 6) is 2.37. The van der Waals surface area contributed by atoms with Crippen molar-refractivity contribution in [3.8, 4) is 0 Å². The molecule has 1 nitrogen and oxygen atoms in total. The average molecular weight is 255 g/mol. The van der Waals surface area contributed by atoms with Crippen molar-refractivity contribution in [2.45, 2.75) is 75.5 Å². The lowest BCUT2D eigenvalue weighted by Gasteiger charge is -2.25. The van der Waals surface area contributed by atoms with Crippen LogP contribution in [0.1, 0.15) is 64.2 Å². The third-order valence-electron chi connectivity index (χ3n) is 4.59. The summed E-state index contributed by atoms with van der Waals surface area (Å²) in [6.07, 6.45) is 14.8. The fourth-order valence-corrected chi connectivity index (χ4v) is 4.88. The molecule has 0 aliphatic heterocycles. The second kappa shape index (κ2) is 7.68. The SMILES string of the molecule is CNC(CSC1CCCCC1)CC1CCCC1. The number of hydrogen-bond acceptors (Lipinski definition) is 2. The minimum atomic E-state index is 0.769. The molecule has 0 amide bonds. The normalized spacial score (nSPS) is 25.2. The van der Waals surface area contributed by atoms with Crippen LogP contribution in [-0.2, 0) is 0 Å². The van der Waals surface area contributed by atoms with Gasteiger partial charge in [-0.15, -0.1) is 0 Å². The zero-order valence-electron chi connectivity index (χ0n) is 11.4. The van der Waals surface area contributed by atoms with E-state index in [0.29, 0.717) is 0 Å². The molecule has 0 heterocycles. The molecule has 2 aliphatic rings. The zero-order valence-corrected chi connectivity index (χ0v) is 12.2. The van der Waals surface area contributed by atoms with Gasteiger partial charge in [0, 0.05) is 17.0 Å². The standard InChI is InChI=1S/C15H29NS/c1-16-14(11-13-7-5-6-8-13)12-17-15-9-3-2-4-10-15/h13-16H,2-12H2,1H3. The molecule has 0 aromatic heterocycles. The van der Waals surface area contributed by atoms with Crippen molar-refractivity contribution in [2.75, 3.05) is 12.8 Å². The Labute approximate surface area is 112 Å². The summed E-state index contributed by atoms with van der Waals surface area (Å²) in [6, 6.07) is 0.769. The van der Waals surface area contributed by atoms with Crippen LogP contribution in [0.25, 0.3) is 0 Å². The second-order valence-corrected chi connectivity index (χ2v) is 7.30. The fraction of sp³-hybridized carbons (Fsp3) is 1.00. The third kappa shape index (κ3) is 4.82. The van der Waals surface area contributed by atoms with Crippen molar-refractivity contribution in [1.29, 1.82) is 0 Å². The van der Waals surface area contributed by atoms with Gasteiger partial charge in [0.2, 0.25) is 0 Å². The first-order chi connectivity index (χ1) is 8.38. The van der Waals surface area contributed by atoms with Crippen LogP contribution in [0.15, 0.2) is 0 Å². The summed E-state index contributed by atoms with van der Waals surface area (Å²) in [5, 5.41) is 4.52. The molecule has 0 saturated heterocycles. The van der Waals surface area contributed by atoms with Gasteiger partial charge < -0.3 is 5.32 Å². The summed E-state index contributed by atoms with van der Waals surface area (Å²) < 4.78 is 0. The molecular formula is C15H29NS. The first kappa shape index (κ1) is 13.7. The molecule has 0 aromatic carbocycles. The molecule has 2 rings (SSSR count). The summed E-state index contributed by atoms with van der Waals surface area (Å²) >= 11 is 2.25. The van der Waals surface area contributed by atoms with E-state index in [2.05, 4.69) is 24.1 Å². The van der Waals surface area contributed by atoms with Gasteiger partial charge in [0.1, 0.15) is 0 Å². The summed E-state index contributed by atoms with van der Waals surface area (Å²) in [6.45, 7) is 0. The predicted molar refractivity (Wildman–Crippen MR) is 78.8 cm³/mol. The molecule has 0 aromatic rings. The van der Waals surface area contributed by atoms with E-state index in [1.807, 2.05) is 0 Å². The van der Waals surface area contributed by atoms with Gasteiger partial charge in [-0.1, -0.05) is 44.9 Å². The Bertz CT molecular complexity index is 195. The molecule has 2 fully saturated rings. The molecule has 2 saturated carbocycles. The van der Waals surface area contributed by atoms with E-state index in [-0.39, 0.29) is 0 Å². The topological polar surface area (TPSA) is 12.0 Å². The Balaban J connectivity index is 1.63. The largest absolute Gasteiger partial charge is 0.316 e. The monoisotopic (exact) mass is 255 g/mol. The van der Waals surface area contributed by atoms with E-state index in [0.717, 1.165) is 17.2 Å². The van der Waals surface area contributed by atoms with Crippen LogP contribution in [0.4, 0.5) is 0 Å². The smallest absolute Gasteiger partial charge is 0.0157 e. The lowest BCUT2D eigenvalue weighted by atomic mass is 9.99. The average Bonchev–Trinajstić information content (AvgIpc) is 2.88. The van der Waals surface area contributed by atoms with Crippen molar-refractivity contribution < 1.29 is 0 Å². The molecule has 100 valence electrons. The van der Waals surface area contributed by atoms with E-state index in [1.54, 1.807) is 0 Å². The summed E-state index contributed by atoms with van der Waals surface area (Å²) in [5.41, 5.74) is 0. The Hall–Kier alpha value is 0.310. The van der Waals surface area contributed by atoms with Gasteiger partial charge in [0.25, 0.3) is 0 Å². The van der Waals surface area contributed by atoms with E-state index >= 15 is 0 Å². The first-order valence-electron chi connectivity index (χ1n) is 7.67. The van der Waals surface area contributed by atoms with Gasteiger partial charge in [-0.3, -0.25) is 0 Å². The van der Waals surface area contributed by atoms with E-state index in [1.165, 1.54) is 70.0 Å². The first-order valence-corrected chi connectivity index (χ1v) is 8.72. The molecule has 0 radical (unpaired) electrons. The quantitative estimate of drug-likeness (QED) is 0.762. The van der Waals surface area contributed by atoms with Gasteiger partial charge in [0.05, 0.1) is 0 Å². The molecular weight excluding hydrogens is 226 g/mol. The van der Waals surface area contributed by atoms with Gasteiger partial charge >= 0.3 is 0 Å². The second-order valence-electron chi connectivity index (χ2n) is 5.97. The Morgan fingerprint density at radius 1 is 1.00 bits per heavy atom. The van der Waals surface area contributed by atoms with Crippen molar-refractivity contribution in [2.24, 2.45) is 5.92 Å². The van der Waals surface area contributed by atoms with Crippen molar-refractivity contribution >= 4 is 11.8 Å². The maximum absolute atomic E-state index is 3.55. The molecule has 1 N–H and O–H groups in total. The Morgan fingerprint density at radius 3 is 2.29 bits per heavy atom. The van der Waals surface area contributed by atoms with Crippen LogP contribution in [-0.4, -0.2) is 24.1 Å². The van der Waals surface area contributed by atoms with E-state index in [9.17, 15) is 0 Å². The van der Waals surface area contributed by atoms with Crippen LogP contribution in [0.3, 0.4) is 0 Å². The molecule has 2 heteroatoms. The molecule has 1 atom stereocenters. The van der Waals surface area contributed by atoms with Gasteiger partial charge in [-0.25, -0.2) is 0 Å². The maximum atomic E-state index is 3.55. The van der Waals surface area contributed by atoms with Crippen LogP contribution in [0.2, 0.25) is 0 Å². The number of rotatable bonds is 6. The minimum absolute atomic E-state index is 0.769. The highest BCUT2D eigenvalue weighted by molar-refractivity contribution is 7.99. The molecule has 2 aliphatic carbocycles. The van der Waals surface area contributed by atoms with Crippen LogP contribution in [0, 0.1) is 5.92 Å². The lowest BCUT2D eigenvalue weighted by Crippen LogP contribution is -2.30. The fourth-order valence-electron chi connectivity index (χ4n) is 3.40. The Morgan fingerprint density at radius 2 is 1.65 bits per heavy atom. The maximum Gasteiger partial charge on any atom is 0.0157 e. The van der Waals surface area contributed by atoms with Gasteiger partial charge in [0.15, 0.2) is 0 Å². The zero-order chi connectivity index (χ0) is 11.9. The van der Waals surface area contributed by atoms with E-state index < -0.39 is 0 Å². The highest BCUT2D eigenvalue weighted by atomic mass is 32.2. The van der Waals surface area contributed by atoms with Crippen molar-refractivity contribution in [1.82, 2.24) is 5.32 Å². The van der Waals surface area contributed by atoms with E-state index in [4.69, 9.17) is 0 Å². The van der Waals surface area contributed by atoms with Crippen molar-refractivity contribution in [3.05, 3.63) is 0 Å². The lowest BCUT2D eigenvalue weighted by molar-refractivity contribution is 0.426. The highest BCUT2D eigenvalue weighted by Crippen LogP contribution is 2.32. The summed E-state index contributed by atoms with van der Waals surface area (Å²) in [7, 11) is 2.15. The van der Waals surface area contributed by atoms with Crippen LogP contribution in [0.5, 0.6) is 0 Å².